The van der Waals surface area contributed by atoms with Crippen molar-refractivity contribution in [1.82, 2.24) is 14.9 Å². The topological polar surface area (TPSA) is 75.6 Å². The van der Waals surface area contributed by atoms with Crippen LogP contribution in [0.5, 0.6) is 5.75 Å². The van der Waals surface area contributed by atoms with Gasteiger partial charge in [0.25, 0.3) is 0 Å². The van der Waals surface area contributed by atoms with Crippen molar-refractivity contribution in [1.29, 1.82) is 0 Å². The molecule has 1 aliphatic heterocycles. The normalized spacial score (nSPS) is 15.6. The van der Waals surface area contributed by atoms with E-state index in [1.807, 2.05) is 31.3 Å². The van der Waals surface area contributed by atoms with Gasteiger partial charge in [0.1, 0.15) is 18.1 Å². The highest BCUT2D eigenvalue weighted by atomic mass is 16.5. The highest BCUT2D eigenvalue weighted by Crippen LogP contribution is 2.36. The number of ether oxygens (including phenoxy) is 1. The van der Waals surface area contributed by atoms with Crippen molar-refractivity contribution >= 4 is 6.09 Å². The summed E-state index contributed by atoms with van der Waals surface area (Å²) < 4.78 is 6.21. The molecule has 1 atom stereocenters. The summed E-state index contributed by atoms with van der Waals surface area (Å²) >= 11 is 0. The predicted octanol–water partition coefficient (Wildman–Crippen LogP) is 6.26. The maximum absolute atomic E-state index is 11.8. The van der Waals surface area contributed by atoms with E-state index in [0.717, 1.165) is 41.2 Å². The van der Waals surface area contributed by atoms with Crippen molar-refractivity contribution in [2.24, 2.45) is 5.92 Å². The van der Waals surface area contributed by atoms with Gasteiger partial charge in [0.15, 0.2) is 0 Å². The first-order chi connectivity index (χ1) is 16.8. The zero-order chi connectivity index (χ0) is 24.9. The largest absolute Gasteiger partial charge is 0.485 e. The van der Waals surface area contributed by atoms with E-state index >= 15 is 0 Å². The molecule has 184 valence electrons. The molecule has 0 fully saturated rings. The van der Waals surface area contributed by atoms with E-state index in [4.69, 9.17) is 9.72 Å². The second-order valence-electron chi connectivity index (χ2n) is 9.82. The van der Waals surface area contributed by atoms with Gasteiger partial charge in [-0.25, -0.2) is 9.78 Å². The second-order valence-corrected chi connectivity index (χ2v) is 9.82. The van der Waals surface area contributed by atoms with E-state index in [1.165, 1.54) is 16.7 Å². The van der Waals surface area contributed by atoms with Gasteiger partial charge in [-0.15, -0.1) is 0 Å². The van der Waals surface area contributed by atoms with E-state index in [1.54, 1.807) is 4.90 Å². The van der Waals surface area contributed by atoms with Crippen molar-refractivity contribution in [3.63, 3.8) is 0 Å². The minimum Gasteiger partial charge on any atom is -0.485 e. The van der Waals surface area contributed by atoms with Gasteiger partial charge in [0.2, 0.25) is 0 Å². The summed E-state index contributed by atoms with van der Waals surface area (Å²) in [5.74, 6) is 1.40. The summed E-state index contributed by atoms with van der Waals surface area (Å²) in [4.78, 5) is 22.6. The van der Waals surface area contributed by atoms with Gasteiger partial charge in [0.05, 0.1) is 5.69 Å². The molecule has 1 aliphatic rings. The number of pyridine rings is 2. The van der Waals surface area contributed by atoms with Crippen molar-refractivity contribution in [2.75, 3.05) is 13.1 Å². The molecule has 1 aromatic carbocycles. The first kappa shape index (κ1) is 24.7. The molecule has 1 amide bonds. The fourth-order valence-corrected chi connectivity index (χ4v) is 4.87. The van der Waals surface area contributed by atoms with Crippen LogP contribution in [0.25, 0.3) is 11.3 Å². The average Bonchev–Trinajstić information content (AvgIpc) is 3.02. The summed E-state index contributed by atoms with van der Waals surface area (Å²) in [6.45, 7) is 9.91. The fraction of sp³-hybridized carbons (Fsp3) is 0.414. The minimum atomic E-state index is -0.844. The number of aryl methyl sites for hydroxylation is 2. The molecule has 0 saturated carbocycles. The molecule has 0 spiro atoms. The number of hydrogen-bond donors (Lipinski definition) is 1. The van der Waals surface area contributed by atoms with E-state index in [9.17, 15) is 9.90 Å². The maximum atomic E-state index is 11.8. The summed E-state index contributed by atoms with van der Waals surface area (Å²) in [7, 11) is 0. The number of hydrogen-bond acceptors (Lipinski definition) is 4. The Morgan fingerprint density at radius 2 is 2.03 bits per heavy atom. The SMILES string of the molecule is CCc1ccnc(COc2ccc(C)nc2-c2ccc3c(c2)CCN(C(=O)O)CC3CC(C)C)c1. The molecule has 0 aliphatic carbocycles. The Balaban J connectivity index is 1.65. The standard InChI is InChI=1S/C29H35N3O3/c1-5-21-10-12-30-25(15-21)18-35-27-9-6-20(4)31-28(27)23-7-8-26-22(16-23)11-13-32(29(33)34)17-24(26)14-19(2)3/h6-10,12,15-16,19,24H,5,11,13-14,17-18H2,1-4H3,(H,33,34). The maximum Gasteiger partial charge on any atom is 0.407 e. The third kappa shape index (κ3) is 5.99. The number of carboxylic acid groups (broad SMARTS) is 1. The Morgan fingerprint density at radius 3 is 2.77 bits per heavy atom. The molecular formula is C29H35N3O3. The third-order valence-corrected chi connectivity index (χ3v) is 6.64. The van der Waals surface area contributed by atoms with Crippen LogP contribution in [-0.4, -0.2) is 39.2 Å². The molecule has 3 heterocycles. The molecular weight excluding hydrogens is 438 g/mol. The van der Waals surface area contributed by atoms with Gasteiger partial charge in [-0.05, 0) is 79.1 Å². The lowest BCUT2D eigenvalue weighted by Crippen LogP contribution is -2.33. The van der Waals surface area contributed by atoms with Crippen LogP contribution in [0.15, 0.2) is 48.7 Å². The van der Waals surface area contributed by atoms with Crippen LogP contribution in [0.1, 0.15) is 61.2 Å². The Labute approximate surface area is 208 Å². The number of amides is 1. The molecule has 6 heteroatoms. The minimum absolute atomic E-state index is 0.191. The predicted molar refractivity (Wildman–Crippen MR) is 138 cm³/mol. The van der Waals surface area contributed by atoms with E-state index in [-0.39, 0.29) is 5.92 Å². The molecule has 0 saturated heterocycles. The lowest BCUT2D eigenvalue weighted by molar-refractivity contribution is 0.142. The fourth-order valence-electron chi connectivity index (χ4n) is 4.87. The molecule has 1 N–H and O–H groups in total. The summed E-state index contributed by atoms with van der Waals surface area (Å²) in [5.41, 5.74) is 7.29. The smallest absolute Gasteiger partial charge is 0.407 e. The zero-order valence-corrected chi connectivity index (χ0v) is 21.1. The number of carbonyl (C=O) groups is 1. The van der Waals surface area contributed by atoms with E-state index < -0.39 is 6.09 Å². The number of nitrogens with zero attached hydrogens (tertiary/aromatic N) is 3. The van der Waals surface area contributed by atoms with Crippen LogP contribution in [0, 0.1) is 12.8 Å². The van der Waals surface area contributed by atoms with Gasteiger partial charge in [0, 0.05) is 36.5 Å². The average molecular weight is 474 g/mol. The first-order valence-electron chi connectivity index (χ1n) is 12.5. The second kappa shape index (κ2) is 10.9. The lowest BCUT2D eigenvalue weighted by Gasteiger charge is -2.24. The molecule has 2 aromatic heterocycles. The van der Waals surface area contributed by atoms with Crippen LogP contribution in [0.3, 0.4) is 0 Å². The monoisotopic (exact) mass is 473 g/mol. The molecule has 6 nitrogen and oxygen atoms in total. The Bertz CT molecular complexity index is 1190. The van der Waals surface area contributed by atoms with Gasteiger partial charge in [-0.1, -0.05) is 32.9 Å². The summed E-state index contributed by atoms with van der Waals surface area (Å²) in [6, 6.07) is 14.5. The number of aromatic nitrogens is 2. The Kier molecular flexibility index (Phi) is 7.69. The van der Waals surface area contributed by atoms with Crippen LogP contribution >= 0.6 is 0 Å². The quantitative estimate of drug-likeness (QED) is 0.438. The highest BCUT2D eigenvalue weighted by Gasteiger charge is 2.27. The molecule has 0 radical (unpaired) electrons. The van der Waals surface area contributed by atoms with Crippen molar-refractivity contribution in [3.05, 3.63) is 76.7 Å². The van der Waals surface area contributed by atoms with Gasteiger partial charge in [-0.3, -0.25) is 4.98 Å². The Hall–Kier alpha value is -3.41. The molecule has 3 aromatic rings. The van der Waals surface area contributed by atoms with Crippen LogP contribution < -0.4 is 4.74 Å². The number of benzene rings is 1. The zero-order valence-electron chi connectivity index (χ0n) is 21.1. The van der Waals surface area contributed by atoms with Gasteiger partial charge < -0.3 is 14.7 Å². The van der Waals surface area contributed by atoms with Crippen LogP contribution in [0.4, 0.5) is 4.79 Å². The molecule has 1 unspecified atom stereocenters. The van der Waals surface area contributed by atoms with E-state index in [0.29, 0.717) is 32.0 Å². The summed E-state index contributed by atoms with van der Waals surface area (Å²) in [5, 5.41) is 9.67. The summed E-state index contributed by atoms with van der Waals surface area (Å²) in [6.07, 6.45) is 3.59. The molecule has 0 bridgehead atoms. The van der Waals surface area contributed by atoms with Gasteiger partial charge >= 0.3 is 6.09 Å². The van der Waals surface area contributed by atoms with Gasteiger partial charge in [-0.2, -0.15) is 0 Å². The van der Waals surface area contributed by atoms with Crippen LogP contribution in [0.2, 0.25) is 0 Å². The first-order valence-corrected chi connectivity index (χ1v) is 12.5. The molecule has 35 heavy (non-hydrogen) atoms. The number of rotatable bonds is 7. The highest BCUT2D eigenvalue weighted by molar-refractivity contribution is 5.69. The van der Waals surface area contributed by atoms with Crippen molar-refractivity contribution in [3.8, 4) is 17.0 Å². The molecule has 4 rings (SSSR count). The third-order valence-electron chi connectivity index (χ3n) is 6.64. The Morgan fingerprint density at radius 1 is 1.20 bits per heavy atom. The van der Waals surface area contributed by atoms with E-state index in [2.05, 4.69) is 50.0 Å². The number of fused-ring (bicyclic) bond motifs is 1. The van der Waals surface area contributed by atoms with Crippen LogP contribution in [-0.2, 0) is 19.4 Å². The van der Waals surface area contributed by atoms with Crippen molar-refractivity contribution in [2.45, 2.75) is 59.5 Å². The lowest BCUT2D eigenvalue weighted by atomic mass is 9.86. The van der Waals surface area contributed by atoms with Crippen molar-refractivity contribution < 1.29 is 14.6 Å².